The van der Waals surface area contributed by atoms with Crippen LogP contribution < -0.4 is 11.5 Å². The Hall–Kier alpha value is -3.68. The van der Waals surface area contributed by atoms with Gasteiger partial charge in [0.1, 0.15) is 0 Å². The van der Waals surface area contributed by atoms with Crippen molar-refractivity contribution in [2.45, 2.75) is 12.2 Å². The van der Waals surface area contributed by atoms with Crippen LogP contribution in [-0.4, -0.2) is 23.9 Å². The van der Waals surface area contributed by atoms with Crippen LogP contribution in [0.5, 0.6) is 0 Å². The number of amides is 2. The van der Waals surface area contributed by atoms with Gasteiger partial charge in [0.15, 0.2) is 0 Å². The van der Waals surface area contributed by atoms with Crippen LogP contribution in [0.3, 0.4) is 0 Å². The molecule has 0 saturated heterocycles. The molecule has 2 heterocycles. The molecule has 0 radical (unpaired) electrons. The molecule has 2 aromatic carbocycles. The van der Waals surface area contributed by atoms with Gasteiger partial charge in [0.2, 0.25) is 12.2 Å². The molecule has 2 atom stereocenters. The zero-order valence-electron chi connectivity index (χ0n) is 13.6. The van der Waals surface area contributed by atoms with Crippen molar-refractivity contribution in [1.82, 2.24) is 0 Å². The Bertz CT molecular complexity index is 792. The van der Waals surface area contributed by atoms with E-state index < -0.39 is 12.2 Å². The lowest BCUT2D eigenvalue weighted by atomic mass is 10.1. The number of benzene rings is 2. The third-order valence-corrected chi connectivity index (χ3v) is 3.57. The first-order chi connectivity index (χ1) is 12.5. The highest BCUT2D eigenvalue weighted by Crippen LogP contribution is 2.23. The summed E-state index contributed by atoms with van der Waals surface area (Å²) < 4.78 is 10.1. The third kappa shape index (κ3) is 3.86. The van der Waals surface area contributed by atoms with Crippen LogP contribution >= 0.6 is 0 Å². The fourth-order valence-corrected chi connectivity index (χ4v) is 2.41. The zero-order chi connectivity index (χ0) is 18.5. The molecule has 132 valence electrons. The molecule has 0 aliphatic carbocycles. The number of amidine groups is 2. The van der Waals surface area contributed by atoms with Crippen molar-refractivity contribution in [3.05, 3.63) is 71.8 Å². The van der Waals surface area contributed by atoms with Crippen LogP contribution in [0, 0.1) is 0 Å². The number of hydrogen-bond acceptors (Lipinski definition) is 6. The number of carbonyl (C=O) groups is 2. The molecule has 0 saturated carbocycles. The number of nitrogens with two attached hydrogens (primary N) is 2. The molecule has 2 amide bonds. The van der Waals surface area contributed by atoms with Gasteiger partial charge in [0.25, 0.3) is 23.9 Å². The van der Waals surface area contributed by atoms with E-state index in [4.69, 9.17) is 20.9 Å². The first-order valence-electron chi connectivity index (χ1n) is 7.74. The number of carbonyl (C=O) groups excluding carboxylic acids is 2. The molecule has 8 heteroatoms. The maximum absolute atomic E-state index is 11.2. The molecule has 0 spiro atoms. The molecule has 4 rings (SSSR count). The van der Waals surface area contributed by atoms with E-state index in [1.165, 1.54) is 0 Å². The summed E-state index contributed by atoms with van der Waals surface area (Å²) in [6, 6.07) is 18.2. The van der Waals surface area contributed by atoms with Gasteiger partial charge in [0.05, 0.1) is 0 Å². The van der Waals surface area contributed by atoms with Gasteiger partial charge in [-0.2, -0.15) is 9.98 Å². The second-order valence-corrected chi connectivity index (χ2v) is 5.39. The molecule has 8 nitrogen and oxygen atoms in total. The van der Waals surface area contributed by atoms with Crippen LogP contribution in [0.4, 0.5) is 0 Å². The van der Waals surface area contributed by atoms with E-state index in [9.17, 15) is 9.59 Å². The van der Waals surface area contributed by atoms with Gasteiger partial charge in [0, 0.05) is 11.1 Å². The van der Waals surface area contributed by atoms with Gasteiger partial charge in [-0.15, -0.1) is 0 Å². The molecule has 2 aromatic rings. The largest absolute Gasteiger partial charge is 0.447 e. The number of hydrogen-bond donors (Lipinski definition) is 2. The highest BCUT2D eigenvalue weighted by Gasteiger charge is 2.29. The van der Waals surface area contributed by atoms with E-state index in [-0.39, 0.29) is 23.9 Å². The Balaban J connectivity index is 0.000000151. The lowest BCUT2D eigenvalue weighted by molar-refractivity contribution is -0.123. The van der Waals surface area contributed by atoms with Crippen molar-refractivity contribution in [1.29, 1.82) is 0 Å². The molecular formula is C18H16N4O4. The molecule has 0 aromatic heterocycles. The zero-order valence-corrected chi connectivity index (χ0v) is 13.6. The van der Waals surface area contributed by atoms with E-state index in [1.54, 1.807) is 24.3 Å². The van der Waals surface area contributed by atoms with Crippen molar-refractivity contribution in [2.24, 2.45) is 21.5 Å². The van der Waals surface area contributed by atoms with E-state index in [0.717, 1.165) is 11.1 Å². The van der Waals surface area contributed by atoms with E-state index in [0.29, 0.717) is 0 Å². The highest BCUT2D eigenvalue weighted by molar-refractivity contribution is 5.98. The molecule has 4 N–H and O–H groups in total. The fraction of sp³-hybridized carbons (Fsp3) is 0.111. The summed E-state index contributed by atoms with van der Waals surface area (Å²) in [4.78, 5) is 29.3. The summed E-state index contributed by atoms with van der Waals surface area (Å²) >= 11 is 0. The van der Waals surface area contributed by atoms with Crippen LogP contribution in [0.1, 0.15) is 23.3 Å². The minimum Gasteiger partial charge on any atom is -0.447 e. The summed E-state index contributed by atoms with van der Waals surface area (Å²) in [5.74, 6) is -0.688. The number of nitrogens with zero attached hydrogens (tertiary/aromatic N) is 2. The van der Waals surface area contributed by atoms with E-state index in [1.807, 2.05) is 36.4 Å². The maximum Gasteiger partial charge on any atom is 0.296 e. The molecule has 2 aliphatic heterocycles. The molecule has 0 bridgehead atoms. The normalized spacial score (nSPS) is 21.1. The van der Waals surface area contributed by atoms with E-state index >= 15 is 0 Å². The Morgan fingerprint density at radius 2 is 1.00 bits per heavy atom. The summed E-state index contributed by atoms with van der Waals surface area (Å²) in [5, 5.41) is 0. The van der Waals surface area contributed by atoms with Crippen LogP contribution in [-0.2, 0) is 19.1 Å². The monoisotopic (exact) mass is 352 g/mol. The molecular weight excluding hydrogens is 336 g/mol. The van der Waals surface area contributed by atoms with Gasteiger partial charge in [-0.1, -0.05) is 60.7 Å². The topological polar surface area (TPSA) is 129 Å². The quantitative estimate of drug-likeness (QED) is 0.835. The van der Waals surface area contributed by atoms with Crippen molar-refractivity contribution < 1.29 is 19.1 Å². The minimum absolute atomic E-state index is 0.0566. The minimum atomic E-state index is -0.652. The average molecular weight is 352 g/mol. The van der Waals surface area contributed by atoms with Crippen molar-refractivity contribution in [2.75, 3.05) is 0 Å². The third-order valence-electron chi connectivity index (χ3n) is 3.57. The van der Waals surface area contributed by atoms with Crippen LogP contribution in [0.2, 0.25) is 0 Å². The second-order valence-electron chi connectivity index (χ2n) is 5.39. The Kier molecular flexibility index (Phi) is 4.93. The first kappa shape index (κ1) is 17.2. The van der Waals surface area contributed by atoms with Gasteiger partial charge in [-0.05, 0) is 0 Å². The van der Waals surface area contributed by atoms with Gasteiger partial charge in [-0.25, -0.2) is 0 Å². The lowest BCUT2D eigenvalue weighted by Crippen LogP contribution is -2.13. The summed E-state index contributed by atoms with van der Waals surface area (Å²) in [5.41, 5.74) is 12.1. The average Bonchev–Trinajstić information content (AvgIpc) is 3.17. The predicted molar refractivity (Wildman–Crippen MR) is 93.8 cm³/mol. The second kappa shape index (κ2) is 7.47. The summed E-state index contributed by atoms with van der Waals surface area (Å²) in [6.07, 6.45) is -1.30. The van der Waals surface area contributed by atoms with Crippen LogP contribution in [0.25, 0.3) is 0 Å². The van der Waals surface area contributed by atoms with Gasteiger partial charge >= 0.3 is 0 Å². The standard InChI is InChI=1S/2C9H8N2O2/c2*10-9-11-8(12)7(13-9)6-4-2-1-3-5-6/h2*1-5,7H,(H2,10,11,12). The molecule has 26 heavy (non-hydrogen) atoms. The van der Waals surface area contributed by atoms with Crippen molar-refractivity contribution in [3.8, 4) is 0 Å². The predicted octanol–water partition coefficient (Wildman–Crippen LogP) is 1.20. The fourth-order valence-electron chi connectivity index (χ4n) is 2.41. The van der Waals surface area contributed by atoms with Gasteiger partial charge in [-0.3, -0.25) is 9.59 Å². The van der Waals surface area contributed by atoms with Crippen LogP contribution in [0.15, 0.2) is 70.6 Å². The Morgan fingerprint density at radius 1 is 0.654 bits per heavy atom. The lowest BCUT2D eigenvalue weighted by Gasteiger charge is -2.07. The summed E-state index contributed by atoms with van der Waals surface area (Å²) in [6.45, 7) is 0. The van der Waals surface area contributed by atoms with Crippen molar-refractivity contribution in [3.63, 3.8) is 0 Å². The SMILES string of the molecule is NC1=NC(=O)C(c2ccccc2)O1.NC1=NC(=O)C(c2ccccc2)O1. The Morgan fingerprint density at radius 3 is 1.27 bits per heavy atom. The van der Waals surface area contributed by atoms with E-state index in [2.05, 4.69) is 9.98 Å². The highest BCUT2D eigenvalue weighted by atomic mass is 16.5. The Labute approximate surface area is 149 Å². The first-order valence-corrected chi connectivity index (χ1v) is 7.74. The number of ether oxygens (including phenoxy) is 2. The number of rotatable bonds is 2. The number of aliphatic imine (C=N–C) groups is 2. The van der Waals surface area contributed by atoms with Gasteiger partial charge < -0.3 is 20.9 Å². The maximum atomic E-state index is 11.2. The molecule has 2 unspecified atom stereocenters. The smallest absolute Gasteiger partial charge is 0.296 e. The molecule has 2 aliphatic rings. The molecule has 0 fully saturated rings. The summed E-state index contributed by atoms with van der Waals surface area (Å²) in [7, 11) is 0. The van der Waals surface area contributed by atoms with Crippen molar-refractivity contribution >= 4 is 23.9 Å².